The van der Waals surface area contributed by atoms with Crippen LogP contribution >= 0.6 is 0 Å². The van der Waals surface area contributed by atoms with Crippen molar-refractivity contribution in [2.45, 2.75) is 38.3 Å². The fourth-order valence-electron chi connectivity index (χ4n) is 2.24. The van der Waals surface area contributed by atoms with Crippen molar-refractivity contribution in [2.75, 3.05) is 32.9 Å². The number of likely N-dealkylation sites (tertiary alicyclic amines) is 1. The molecule has 1 fully saturated rings. The Balaban J connectivity index is 2.23. The molecule has 0 aromatic heterocycles. The zero-order chi connectivity index (χ0) is 11.1. The van der Waals surface area contributed by atoms with Crippen molar-refractivity contribution in [1.82, 2.24) is 4.90 Å². The standard InChI is InChI=1S/C11H24N2O2/c1-10(12)11-4-2-3-5-13(11)6-8-15-9-7-14/h10-11,14H,2-9,12H2,1H3. The molecule has 1 heterocycles. The summed E-state index contributed by atoms with van der Waals surface area (Å²) in [6.07, 6.45) is 3.76. The summed E-state index contributed by atoms with van der Waals surface area (Å²) in [4.78, 5) is 2.42. The highest BCUT2D eigenvalue weighted by atomic mass is 16.5. The van der Waals surface area contributed by atoms with Crippen LogP contribution in [0.2, 0.25) is 0 Å². The van der Waals surface area contributed by atoms with Crippen molar-refractivity contribution in [3.8, 4) is 0 Å². The quantitative estimate of drug-likeness (QED) is 0.623. The summed E-state index contributed by atoms with van der Waals surface area (Å²) >= 11 is 0. The Kier molecular flexibility index (Phi) is 6.17. The lowest BCUT2D eigenvalue weighted by Gasteiger charge is -2.37. The number of piperidine rings is 1. The molecule has 1 aliphatic heterocycles. The van der Waals surface area contributed by atoms with Crippen molar-refractivity contribution >= 4 is 0 Å². The molecule has 1 aliphatic rings. The van der Waals surface area contributed by atoms with Crippen molar-refractivity contribution in [3.63, 3.8) is 0 Å². The Morgan fingerprint density at radius 2 is 2.27 bits per heavy atom. The maximum atomic E-state index is 8.58. The van der Waals surface area contributed by atoms with Crippen molar-refractivity contribution < 1.29 is 9.84 Å². The van der Waals surface area contributed by atoms with E-state index in [-0.39, 0.29) is 12.6 Å². The smallest absolute Gasteiger partial charge is 0.0698 e. The molecule has 3 N–H and O–H groups in total. The summed E-state index contributed by atoms with van der Waals surface area (Å²) in [6, 6.07) is 0.750. The van der Waals surface area contributed by atoms with Gasteiger partial charge in [-0.3, -0.25) is 4.90 Å². The number of aliphatic hydroxyl groups is 1. The number of hydrogen-bond acceptors (Lipinski definition) is 4. The molecular formula is C11H24N2O2. The summed E-state index contributed by atoms with van der Waals surface area (Å²) in [7, 11) is 0. The fourth-order valence-corrected chi connectivity index (χ4v) is 2.24. The van der Waals surface area contributed by atoms with Gasteiger partial charge in [0.25, 0.3) is 0 Å². The molecule has 0 radical (unpaired) electrons. The summed E-state index contributed by atoms with van der Waals surface area (Å²) < 4.78 is 5.28. The second-order valence-electron chi connectivity index (χ2n) is 4.29. The topological polar surface area (TPSA) is 58.7 Å². The van der Waals surface area contributed by atoms with Crippen LogP contribution in [-0.4, -0.2) is 55.0 Å². The van der Waals surface area contributed by atoms with Crippen LogP contribution in [0.3, 0.4) is 0 Å². The van der Waals surface area contributed by atoms with Gasteiger partial charge in [-0.25, -0.2) is 0 Å². The maximum Gasteiger partial charge on any atom is 0.0698 e. The average molecular weight is 216 g/mol. The highest BCUT2D eigenvalue weighted by Crippen LogP contribution is 2.18. The molecule has 0 amide bonds. The van der Waals surface area contributed by atoms with Gasteiger partial charge in [0, 0.05) is 18.6 Å². The van der Waals surface area contributed by atoms with Gasteiger partial charge in [0.1, 0.15) is 0 Å². The van der Waals surface area contributed by atoms with Crippen molar-refractivity contribution in [1.29, 1.82) is 0 Å². The van der Waals surface area contributed by atoms with E-state index in [1.54, 1.807) is 0 Å². The van der Waals surface area contributed by atoms with E-state index in [2.05, 4.69) is 11.8 Å². The largest absolute Gasteiger partial charge is 0.394 e. The van der Waals surface area contributed by atoms with Gasteiger partial charge in [-0.05, 0) is 26.3 Å². The summed E-state index contributed by atoms with van der Waals surface area (Å²) in [6.45, 7) is 5.40. The lowest BCUT2D eigenvalue weighted by Crippen LogP contribution is -2.50. The van der Waals surface area contributed by atoms with E-state index in [1.807, 2.05) is 0 Å². The monoisotopic (exact) mass is 216 g/mol. The van der Waals surface area contributed by atoms with Crippen LogP contribution in [0.25, 0.3) is 0 Å². The van der Waals surface area contributed by atoms with Gasteiger partial charge in [-0.2, -0.15) is 0 Å². The van der Waals surface area contributed by atoms with Crippen LogP contribution in [0.15, 0.2) is 0 Å². The van der Waals surface area contributed by atoms with Gasteiger partial charge in [-0.1, -0.05) is 6.42 Å². The van der Waals surface area contributed by atoms with Crippen LogP contribution in [-0.2, 0) is 4.74 Å². The van der Waals surface area contributed by atoms with Crippen LogP contribution in [0, 0.1) is 0 Å². The van der Waals surface area contributed by atoms with E-state index in [4.69, 9.17) is 15.6 Å². The van der Waals surface area contributed by atoms with Gasteiger partial charge < -0.3 is 15.6 Å². The molecule has 0 aromatic carbocycles. The molecule has 90 valence electrons. The van der Waals surface area contributed by atoms with E-state index < -0.39 is 0 Å². The second kappa shape index (κ2) is 7.17. The number of aliphatic hydroxyl groups excluding tert-OH is 1. The zero-order valence-electron chi connectivity index (χ0n) is 9.69. The van der Waals surface area contributed by atoms with Gasteiger partial charge in [0.15, 0.2) is 0 Å². The zero-order valence-corrected chi connectivity index (χ0v) is 9.69. The highest BCUT2D eigenvalue weighted by Gasteiger charge is 2.24. The Bertz CT molecular complexity index is 165. The first-order chi connectivity index (χ1) is 7.25. The predicted octanol–water partition coefficient (Wildman–Crippen LogP) is 0.197. The molecule has 1 saturated heterocycles. The first kappa shape index (κ1) is 12.9. The average Bonchev–Trinajstić information content (AvgIpc) is 2.25. The summed E-state index contributed by atoms with van der Waals surface area (Å²) in [5.74, 6) is 0. The lowest BCUT2D eigenvalue weighted by molar-refractivity contribution is 0.0491. The maximum absolute atomic E-state index is 8.58. The normalized spacial score (nSPS) is 25.4. The number of ether oxygens (including phenoxy) is 1. The van der Waals surface area contributed by atoms with Gasteiger partial charge in [-0.15, -0.1) is 0 Å². The highest BCUT2D eigenvalue weighted by molar-refractivity contribution is 4.82. The Labute approximate surface area is 92.4 Å². The van der Waals surface area contributed by atoms with Crippen molar-refractivity contribution in [2.24, 2.45) is 5.73 Å². The van der Waals surface area contributed by atoms with Crippen LogP contribution in [0.5, 0.6) is 0 Å². The number of rotatable bonds is 6. The minimum Gasteiger partial charge on any atom is -0.394 e. The Morgan fingerprint density at radius 1 is 1.47 bits per heavy atom. The molecule has 4 nitrogen and oxygen atoms in total. The minimum absolute atomic E-state index is 0.108. The summed E-state index contributed by atoms with van der Waals surface area (Å²) in [5, 5.41) is 8.58. The molecule has 15 heavy (non-hydrogen) atoms. The van der Waals surface area contributed by atoms with Crippen LogP contribution < -0.4 is 5.73 Å². The third kappa shape index (κ3) is 4.47. The minimum atomic E-state index is 0.108. The molecule has 2 atom stereocenters. The predicted molar refractivity (Wildman–Crippen MR) is 60.8 cm³/mol. The Morgan fingerprint density at radius 3 is 2.93 bits per heavy atom. The molecule has 0 aliphatic carbocycles. The van der Waals surface area contributed by atoms with Crippen molar-refractivity contribution in [3.05, 3.63) is 0 Å². The van der Waals surface area contributed by atoms with E-state index in [0.717, 1.165) is 13.1 Å². The number of nitrogens with two attached hydrogens (primary N) is 1. The molecule has 0 spiro atoms. The first-order valence-electron chi connectivity index (χ1n) is 5.94. The Hall–Kier alpha value is -0.160. The van der Waals surface area contributed by atoms with Crippen LogP contribution in [0.4, 0.5) is 0 Å². The van der Waals surface area contributed by atoms with E-state index in [1.165, 1.54) is 19.3 Å². The molecule has 0 saturated carbocycles. The van der Waals surface area contributed by atoms with Crippen LogP contribution in [0.1, 0.15) is 26.2 Å². The molecule has 4 heteroatoms. The number of hydrogen-bond donors (Lipinski definition) is 2. The molecule has 1 rings (SSSR count). The SMILES string of the molecule is CC(N)C1CCCCN1CCOCCO. The molecule has 0 aromatic rings. The first-order valence-corrected chi connectivity index (χ1v) is 5.94. The third-order valence-corrected chi connectivity index (χ3v) is 3.03. The van der Waals surface area contributed by atoms with E-state index in [9.17, 15) is 0 Å². The second-order valence-corrected chi connectivity index (χ2v) is 4.29. The molecular weight excluding hydrogens is 192 g/mol. The fraction of sp³-hybridized carbons (Fsp3) is 1.00. The molecule has 2 unspecified atom stereocenters. The van der Waals surface area contributed by atoms with Gasteiger partial charge in [0.2, 0.25) is 0 Å². The van der Waals surface area contributed by atoms with Gasteiger partial charge in [0.05, 0.1) is 19.8 Å². The number of nitrogens with zero attached hydrogens (tertiary/aromatic N) is 1. The third-order valence-electron chi connectivity index (χ3n) is 3.03. The van der Waals surface area contributed by atoms with E-state index in [0.29, 0.717) is 19.3 Å². The van der Waals surface area contributed by atoms with E-state index >= 15 is 0 Å². The lowest BCUT2D eigenvalue weighted by atomic mass is 9.97. The molecule has 0 bridgehead atoms. The van der Waals surface area contributed by atoms with Gasteiger partial charge >= 0.3 is 0 Å². The summed E-state index contributed by atoms with van der Waals surface area (Å²) in [5.41, 5.74) is 5.97.